The van der Waals surface area contributed by atoms with Gasteiger partial charge in [-0.15, -0.1) is 0 Å². The zero-order chi connectivity index (χ0) is 17.9. The lowest BCUT2D eigenvalue weighted by atomic mass is 9.96. The molecule has 0 bridgehead atoms. The van der Waals surface area contributed by atoms with Crippen LogP contribution in [0.15, 0.2) is 48.7 Å². The number of rotatable bonds is 5. The first-order valence-corrected chi connectivity index (χ1v) is 9.29. The van der Waals surface area contributed by atoms with Crippen LogP contribution in [0.2, 0.25) is 0 Å². The summed E-state index contributed by atoms with van der Waals surface area (Å²) >= 11 is 0. The van der Waals surface area contributed by atoms with Crippen LogP contribution in [-0.4, -0.2) is 38.3 Å². The van der Waals surface area contributed by atoms with E-state index >= 15 is 0 Å². The fourth-order valence-corrected chi connectivity index (χ4v) is 3.83. The Morgan fingerprint density at radius 1 is 1.12 bits per heavy atom. The Hall–Kier alpha value is -2.53. The van der Waals surface area contributed by atoms with Crippen molar-refractivity contribution in [1.29, 1.82) is 0 Å². The van der Waals surface area contributed by atoms with Gasteiger partial charge in [-0.1, -0.05) is 30.3 Å². The molecule has 1 fully saturated rings. The van der Waals surface area contributed by atoms with Crippen molar-refractivity contribution in [2.45, 2.75) is 32.9 Å². The normalized spacial score (nSPS) is 16.2. The predicted molar refractivity (Wildman–Crippen MR) is 102 cm³/mol. The summed E-state index contributed by atoms with van der Waals surface area (Å²) < 4.78 is 2.02. The Labute approximate surface area is 153 Å². The topological polar surface area (TPSA) is 51.0 Å². The summed E-state index contributed by atoms with van der Waals surface area (Å²) in [4.78, 5) is 23.5. The second-order valence-electron chi connectivity index (χ2n) is 7.15. The lowest BCUT2D eigenvalue weighted by molar-refractivity contribution is 0.0996. The summed E-state index contributed by atoms with van der Waals surface area (Å²) in [7, 11) is 0. The molecule has 0 aliphatic carbocycles. The Balaban J connectivity index is 1.44. The van der Waals surface area contributed by atoms with Crippen LogP contribution < -0.4 is 0 Å². The molecule has 3 heterocycles. The molecule has 0 spiro atoms. The van der Waals surface area contributed by atoms with E-state index in [1.807, 2.05) is 16.7 Å². The standard InChI is InChI=1S/C21H24N4O/c1-16(26)20-23-19-8-5-11-22-21(19)25(20)15-18-9-12-24(13-10-18)14-17-6-3-2-4-7-17/h2-8,11,18H,9-10,12-15H2,1H3. The number of aromatic nitrogens is 3. The second kappa shape index (κ2) is 7.38. The number of carbonyl (C=O) groups is 1. The molecule has 134 valence electrons. The number of hydrogen-bond acceptors (Lipinski definition) is 4. The Morgan fingerprint density at radius 2 is 1.88 bits per heavy atom. The van der Waals surface area contributed by atoms with Gasteiger partial charge in [0.2, 0.25) is 0 Å². The van der Waals surface area contributed by atoms with Gasteiger partial charge in [0, 0.05) is 26.2 Å². The number of likely N-dealkylation sites (tertiary alicyclic amines) is 1. The molecule has 0 atom stereocenters. The summed E-state index contributed by atoms with van der Waals surface area (Å²) in [5.41, 5.74) is 3.00. The summed E-state index contributed by atoms with van der Waals surface area (Å²) in [6, 6.07) is 14.4. The molecule has 0 radical (unpaired) electrons. The molecule has 4 rings (SSSR count). The van der Waals surface area contributed by atoms with Gasteiger partial charge in [0.1, 0.15) is 5.52 Å². The lowest BCUT2D eigenvalue weighted by Gasteiger charge is -2.32. The van der Waals surface area contributed by atoms with Crippen molar-refractivity contribution in [2.24, 2.45) is 5.92 Å². The van der Waals surface area contributed by atoms with Gasteiger partial charge in [-0.25, -0.2) is 9.97 Å². The summed E-state index contributed by atoms with van der Waals surface area (Å²) in [5.74, 6) is 1.09. The van der Waals surface area contributed by atoms with Crippen molar-refractivity contribution in [3.63, 3.8) is 0 Å². The maximum Gasteiger partial charge on any atom is 0.195 e. The Bertz CT molecular complexity index is 895. The van der Waals surface area contributed by atoms with Gasteiger partial charge < -0.3 is 4.57 Å². The van der Waals surface area contributed by atoms with Gasteiger partial charge in [0.05, 0.1) is 0 Å². The van der Waals surface area contributed by atoms with Gasteiger partial charge in [-0.2, -0.15) is 0 Å². The van der Waals surface area contributed by atoms with Gasteiger partial charge in [-0.05, 0) is 49.5 Å². The molecule has 1 aliphatic heterocycles. The molecule has 0 amide bonds. The van der Waals surface area contributed by atoms with Crippen molar-refractivity contribution >= 4 is 16.9 Å². The second-order valence-corrected chi connectivity index (χ2v) is 7.15. The third kappa shape index (κ3) is 3.53. The van der Waals surface area contributed by atoms with E-state index in [2.05, 4.69) is 45.2 Å². The van der Waals surface area contributed by atoms with Crippen molar-refractivity contribution < 1.29 is 4.79 Å². The molecule has 1 aromatic carbocycles. The van der Waals surface area contributed by atoms with E-state index in [4.69, 9.17) is 0 Å². The zero-order valence-electron chi connectivity index (χ0n) is 15.1. The van der Waals surface area contributed by atoms with Crippen LogP contribution >= 0.6 is 0 Å². The van der Waals surface area contributed by atoms with Crippen LogP contribution in [0.5, 0.6) is 0 Å². The monoisotopic (exact) mass is 348 g/mol. The SMILES string of the molecule is CC(=O)c1nc2cccnc2n1CC1CCN(Cc2ccccc2)CC1. The zero-order valence-corrected chi connectivity index (χ0v) is 15.1. The lowest BCUT2D eigenvalue weighted by Crippen LogP contribution is -2.34. The van der Waals surface area contributed by atoms with Gasteiger partial charge in [-0.3, -0.25) is 9.69 Å². The van der Waals surface area contributed by atoms with Crippen LogP contribution in [0.3, 0.4) is 0 Å². The molecular weight excluding hydrogens is 324 g/mol. The maximum atomic E-state index is 12.0. The van der Waals surface area contributed by atoms with Gasteiger partial charge >= 0.3 is 0 Å². The van der Waals surface area contributed by atoms with Crippen LogP contribution in [0.25, 0.3) is 11.2 Å². The highest BCUT2D eigenvalue weighted by atomic mass is 16.1. The summed E-state index contributed by atoms with van der Waals surface area (Å²) in [6.45, 7) is 5.60. The average molecular weight is 348 g/mol. The summed E-state index contributed by atoms with van der Waals surface area (Å²) in [5, 5.41) is 0. The number of Topliss-reactive ketones (excluding diaryl/α,β-unsaturated/α-hetero) is 1. The molecule has 5 heteroatoms. The minimum Gasteiger partial charge on any atom is -0.306 e. The molecule has 1 saturated heterocycles. The van der Waals surface area contributed by atoms with E-state index in [0.29, 0.717) is 11.7 Å². The molecule has 0 N–H and O–H groups in total. The van der Waals surface area contributed by atoms with Crippen LogP contribution in [0, 0.1) is 5.92 Å². The first-order chi connectivity index (χ1) is 12.7. The van der Waals surface area contributed by atoms with Crippen molar-refractivity contribution in [3.05, 3.63) is 60.0 Å². The summed E-state index contributed by atoms with van der Waals surface area (Å²) in [6.07, 6.45) is 4.04. The predicted octanol–water partition coefficient (Wildman–Crippen LogP) is 3.55. The van der Waals surface area contributed by atoms with Crippen molar-refractivity contribution in [3.8, 4) is 0 Å². The van der Waals surface area contributed by atoms with E-state index in [-0.39, 0.29) is 5.78 Å². The number of hydrogen-bond donors (Lipinski definition) is 0. The molecule has 5 nitrogen and oxygen atoms in total. The van der Waals surface area contributed by atoms with Crippen molar-refractivity contribution in [1.82, 2.24) is 19.4 Å². The first kappa shape index (κ1) is 16.9. The number of fused-ring (bicyclic) bond motifs is 1. The van der Waals surface area contributed by atoms with E-state index in [9.17, 15) is 4.79 Å². The minimum absolute atomic E-state index is 0.00418. The molecule has 26 heavy (non-hydrogen) atoms. The van der Waals surface area contributed by atoms with Crippen molar-refractivity contribution in [2.75, 3.05) is 13.1 Å². The highest BCUT2D eigenvalue weighted by molar-refractivity contribution is 5.94. The third-order valence-corrected chi connectivity index (χ3v) is 5.22. The number of imidazole rings is 1. The number of nitrogens with zero attached hydrogens (tertiary/aromatic N) is 4. The fraction of sp³-hybridized carbons (Fsp3) is 0.381. The molecule has 3 aromatic rings. The Kier molecular flexibility index (Phi) is 4.80. The largest absolute Gasteiger partial charge is 0.306 e. The van der Waals surface area contributed by atoms with E-state index in [1.54, 1.807) is 13.1 Å². The molecular formula is C21H24N4O. The van der Waals surface area contributed by atoms with Gasteiger partial charge in [0.25, 0.3) is 0 Å². The van der Waals surface area contributed by atoms with Crippen LogP contribution in [-0.2, 0) is 13.1 Å². The quantitative estimate of drug-likeness (QED) is 0.662. The number of piperidine rings is 1. The smallest absolute Gasteiger partial charge is 0.195 e. The first-order valence-electron chi connectivity index (χ1n) is 9.29. The van der Waals surface area contributed by atoms with E-state index < -0.39 is 0 Å². The molecule has 0 saturated carbocycles. The number of carbonyl (C=O) groups excluding carboxylic acids is 1. The Morgan fingerprint density at radius 3 is 2.62 bits per heavy atom. The number of benzene rings is 1. The molecule has 1 aliphatic rings. The average Bonchev–Trinajstić information content (AvgIpc) is 3.03. The maximum absolute atomic E-state index is 12.0. The number of ketones is 1. The highest BCUT2D eigenvalue weighted by Crippen LogP contribution is 2.24. The van der Waals surface area contributed by atoms with E-state index in [1.165, 1.54) is 5.56 Å². The molecule has 0 unspecified atom stereocenters. The molecule has 2 aromatic heterocycles. The third-order valence-electron chi connectivity index (χ3n) is 5.22. The highest BCUT2D eigenvalue weighted by Gasteiger charge is 2.23. The van der Waals surface area contributed by atoms with Gasteiger partial charge in [0.15, 0.2) is 17.3 Å². The van der Waals surface area contributed by atoms with E-state index in [0.717, 1.165) is 50.2 Å². The van der Waals surface area contributed by atoms with Crippen LogP contribution in [0.4, 0.5) is 0 Å². The van der Waals surface area contributed by atoms with Crippen LogP contribution in [0.1, 0.15) is 35.9 Å². The minimum atomic E-state index is 0.00418. The number of pyridine rings is 1. The fourth-order valence-electron chi connectivity index (χ4n) is 3.83.